The first-order chi connectivity index (χ1) is 14.2. The van der Waals surface area contributed by atoms with E-state index in [4.69, 9.17) is 17.3 Å². The number of rotatable bonds is 6. The second-order valence-corrected chi connectivity index (χ2v) is 7.77. The maximum Gasteiger partial charge on any atom is 0.433 e. The highest BCUT2D eigenvalue weighted by Crippen LogP contribution is 2.32. The largest absolute Gasteiger partial charge is 0.433 e. The summed E-state index contributed by atoms with van der Waals surface area (Å²) in [5.41, 5.74) is 6.76. The van der Waals surface area contributed by atoms with E-state index in [9.17, 15) is 18.0 Å². The molecule has 0 saturated carbocycles. The lowest BCUT2D eigenvalue weighted by atomic mass is 9.98. The molecule has 3 N–H and O–H groups in total. The van der Waals surface area contributed by atoms with Gasteiger partial charge in [-0.25, -0.2) is 4.98 Å². The van der Waals surface area contributed by atoms with Gasteiger partial charge in [-0.05, 0) is 43.0 Å². The van der Waals surface area contributed by atoms with E-state index in [2.05, 4.69) is 10.3 Å². The molecule has 2 aromatic rings. The number of aromatic nitrogens is 1. The molecule has 0 radical (unpaired) electrons. The fraction of sp³-hybridized carbons (Fsp3) is 0.429. The van der Waals surface area contributed by atoms with Gasteiger partial charge in [0.2, 0.25) is 5.91 Å². The molecule has 162 valence electrons. The van der Waals surface area contributed by atoms with E-state index in [-0.39, 0.29) is 18.3 Å². The number of amides is 1. The maximum atomic E-state index is 13.1. The van der Waals surface area contributed by atoms with Crippen LogP contribution >= 0.6 is 11.6 Å². The van der Waals surface area contributed by atoms with Crippen molar-refractivity contribution in [3.8, 4) is 0 Å². The molecule has 5 nitrogen and oxygen atoms in total. The van der Waals surface area contributed by atoms with Crippen LogP contribution in [-0.2, 0) is 24.1 Å². The number of hydrogen-bond acceptors (Lipinski definition) is 4. The molecule has 1 unspecified atom stereocenters. The molecule has 3 rings (SSSR count). The minimum absolute atomic E-state index is 0.0920. The number of carbonyl (C=O) groups excluding carboxylic acids is 1. The van der Waals surface area contributed by atoms with Gasteiger partial charge in [0.05, 0.1) is 5.92 Å². The zero-order valence-corrected chi connectivity index (χ0v) is 17.4. The Morgan fingerprint density at radius 2 is 1.90 bits per heavy atom. The summed E-state index contributed by atoms with van der Waals surface area (Å²) in [5, 5.41) is 3.31. The summed E-state index contributed by atoms with van der Waals surface area (Å²) in [6.45, 7) is 3.44. The van der Waals surface area contributed by atoms with E-state index in [1.807, 2.05) is 4.90 Å². The molecule has 0 bridgehead atoms. The van der Waals surface area contributed by atoms with Crippen molar-refractivity contribution in [3.63, 3.8) is 0 Å². The van der Waals surface area contributed by atoms with Gasteiger partial charge in [-0.1, -0.05) is 29.8 Å². The van der Waals surface area contributed by atoms with Gasteiger partial charge in [0.1, 0.15) is 11.5 Å². The normalized spacial score (nSPS) is 15.3. The van der Waals surface area contributed by atoms with E-state index in [1.54, 1.807) is 25.1 Å². The van der Waals surface area contributed by atoms with E-state index in [0.717, 1.165) is 30.0 Å². The van der Waals surface area contributed by atoms with Crippen LogP contribution in [0.15, 0.2) is 30.3 Å². The smallest absolute Gasteiger partial charge is 0.356 e. The van der Waals surface area contributed by atoms with E-state index < -0.39 is 17.8 Å². The summed E-state index contributed by atoms with van der Waals surface area (Å²) >= 11 is 6.18. The molecule has 1 aliphatic rings. The molecule has 1 aromatic carbocycles. The molecule has 9 heteroatoms. The monoisotopic (exact) mass is 440 g/mol. The SMILES string of the molecule is CC(C(=O)NCc1ccc(C(F)(F)F)nc1N1CCCC1)c1ccc(CN)c(Cl)c1. The van der Waals surface area contributed by atoms with Crippen molar-refractivity contribution in [2.24, 2.45) is 5.73 Å². The highest BCUT2D eigenvalue weighted by atomic mass is 35.5. The molecular formula is C21H24ClF3N4O. The first-order valence-electron chi connectivity index (χ1n) is 9.79. The van der Waals surface area contributed by atoms with Crippen molar-refractivity contribution in [2.75, 3.05) is 18.0 Å². The van der Waals surface area contributed by atoms with Gasteiger partial charge in [0, 0.05) is 36.8 Å². The fourth-order valence-corrected chi connectivity index (χ4v) is 3.73. The van der Waals surface area contributed by atoms with Crippen LogP contribution in [0, 0.1) is 0 Å². The van der Waals surface area contributed by atoms with E-state index >= 15 is 0 Å². The maximum absolute atomic E-state index is 13.1. The number of nitrogens with two attached hydrogens (primary N) is 1. The highest BCUT2D eigenvalue weighted by Gasteiger charge is 2.34. The van der Waals surface area contributed by atoms with Gasteiger partial charge in [-0.2, -0.15) is 13.2 Å². The Morgan fingerprint density at radius 3 is 2.50 bits per heavy atom. The van der Waals surface area contributed by atoms with Gasteiger partial charge < -0.3 is 16.0 Å². The van der Waals surface area contributed by atoms with Crippen molar-refractivity contribution < 1.29 is 18.0 Å². The molecule has 1 amide bonds. The summed E-state index contributed by atoms with van der Waals surface area (Å²) in [7, 11) is 0. The average molecular weight is 441 g/mol. The first-order valence-corrected chi connectivity index (χ1v) is 10.2. The zero-order chi connectivity index (χ0) is 21.9. The topological polar surface area (TPSA) is 71.2 Å². The third kappa shape index (κ3) is 5.05. The van der Waals surface area contributed by atoms with Crippen LogP contribution in [0.5, 0.6) is 0 Å². The molecule has 1 aromatic heterocycles. The van der Waals surface area contributed by atoms with E-state index in [1.165, 1.54) is 6.07 Å². The minimum atomic E-state index is -4.51. The Hall–Kier alpha value is -2.32. The van der Waals surface area contributed by atoms with Crippen LogP contribution in [-0.4, -0.2) is 24.0 Å². The molecular weight excluding hydrogens is 417 g/mol. The quantitative estimate of drug-likeness (QED) is 0.705. The Kier molecular flexibility index (Phi) is 6.88. The lowest BCUT2D eigenvalue weighted by Gasteiger charge is -2.22. The van der Waals surface area contributed by atoms with Crippen LogP contribution in [0.4, 0.5) is 19.0 Å². The number of nitrogens with one attached hydrogen (secondary N) is 1. The second kappa shape index (κ2) is 9.22. The van der Waals surface area contributed by atoms with Crippen LogP contribution < -0.4 is 16.0 Å². The summed E-state index contributed by atoms with van der Waals surface area (Å²) in [5.74, 6) is -0.448. The Bertz CT molecular complexity index is 914. The Morgan fingerprint density at radius 1 is 1.23 bits per heavy atom. The van der Waals surface area contributed by atoms with Crippen molar-refractivity contribution in [1.82, 2.24) is 10.3 Å². The molecule has 0 aliphatic carbocycles. The summed E-state index contributed by atoms with van der Waals surface area (Å²) in [6, 6.07) is 7.64. The lowest BCUT2D eigenvalue weighted by Crippen LogP contribution is -2.29. The molecule has 2 heterocycles. The summed E-state index contributed by atoms with van der Waals surface area (Å²) in [4.78, 5) is 18.3. The van der Waals surface area contributed by atoms with E-state index in [0.29, 0.717) is 30.2 Å². The number of carbonyl (C=O) groups is 1. The second-order valence-electron chi connectivity index (χ2n) is 7.37. The highest BCUT2D eigenvalue weighted by molar-refractivity contribution is 6.31. The molecule has 1 atom stereocenters. The number of anilines is 1. The zero-order valence-electron chi connectivity index (χ0n) is 16.6. The van der Waals surface area contributed by atoms with Crippen LogP contribution in [0.1, 0.15) is 48.1 Å². The minimum Gasteiger partial charge on any atom is -0.356 e. The number of hydrogen-bond donors (Lipinski definition) is 2. The van der Waals surface area contributed by atoms with Gasteiger partial charge in [0.25, 0.3) is 0 Å². The Balaban J connectivity index is 1.75. The number of nitrogens with zero attached hydrogens (tertiary/aromatic N) is 2. The van der Waals surface area contributed by atoms with Crippen LogP contribution in [0.2, 0.25) is 5.02 Å². The molecule has 30 heavy (non-hydrogen) atoms. The van der Waals surface area contributed by atoms with Gasteiger partial charge in [-0.3, -0.25) is 4.79 Å². The summed E-state index contributed by atoms with van der Waals surface area (Å²) < 4.78 is 39.3. The van der Waals surface area contributed by atoms with Gasteiger partial charge >= 0.3 is 6.18 Å². The van der Waals surface area contributed by atoms with Crippen molar-refractivity contribution >= 4 is 23.3 Å². The standard InChI is InChI=1S/C21H24ClF3N4O/c1-13(14-4-5-15(11-26)17(22)10-14)20(30)27-12-16-6-7-18(21(23,24)25)28-19(16)29-8-2-3-9-29/h4-7,10,13H,2-3,8-9,11-12,26H2,1H3,(H,27,30). The molecule has 1 saturated heterocycles. The van der Waals surface area contributed by atoms with Gasteiger partial charge in [0.15, 0.2) is 0 Å². The first kappa shape index (κ1) is 22.4. The van der Waals surface area contributed by atoms with Crippen molar-refractivity contribution in [3.05, 3.63) is 57.7 Å². The molecule has 0 spiro atoms. The third-order valence-corrected chi connectivity index (χ3v) is 5.65. The third-order valence-electron chi connectivity index (χ3n) is 5.30. The number of pyridine rings is 1. The number of benzene rings is 1. The fourth-order valence-electron chi connectivity index (χ4n) is 3.46. The van der Waals surface area contributed by atoms with Crippen molar-refractivity contribution in [2.45, 2.75) is 44.9 Å². The number of alkyl halides is 3. The van der Waals surface area contributed by atoms with Crippen LogP contribution in [0.3, 0.4) is 0 Å². The predicted octanol–water partition coefficient (Wildman–Crippen LogP) is 4.23. The number of halogens is 4. The lowest BCUT2D eigenvalue weighted by molar-refractivity contribution is -0.141. The Labute approximate surface area is 178 Å². The molecule has 1 fully saturated rings. The van der Waals surface area contributed by atoms with Crippen molar-refractivity contribution in [1.29, 1.82) is 0 Å². The summed E-state index contributed by atoms with van der Waals surface area (Å²) in [6.07, 6.45) is -2.71. The molecule has 1 aliphatic heterocycles. The average Bonchev–Trinajstić information content (AvgIpc) is 3.25. The van der Waals surface area contributed by atoms with Crippen LogP contribution in [0.25, 0.3) is 0 Å². The predicted molar refractivity (Wildman–Crippen MR) is 110 cm³/mol. The van der Waals surface area contributed by atoms with Gasteiger partial charge in [-0.15, -0.1) is 0 Å².